The molecule has 1 N–H and O–H groups in total. The van der Waals surface area contributed by atoms with E-state index >= 15 is 0 Å². The van der Waals surface area contributed by atoms with E-state index in [1.807, 2.05) is 6.07 Å². The first kappa shape index (κ1) is 14.2. The lowest BCUT2D eigenvalue weighted by Crippen LogP contribution is -2.28. The van der Waals surface area contributed by atoms with Gasteiger partial charge in [-0.15, -0.1) is 0 Å². The molecule has 0 aromatic heterocycles. The van der Waals surface area contributed by atoms with Crippen molar-refractivity contribution in [3.8, 4) is 11.5 Å². The molecule has 1 saturated carbocycles. The van der Waals surface area contributed by atoms with Crippen molar-refractivity contribution in [2.24, 2.45) is 5.92 Å². The minimum absolute atomic E-state index is 0.718. The summed E-state index contributed by atoms with van der Waals surface area (Å²) >= 11 is 0. The molecule has 0 radical (unpaired) electrons. The number of rotatable bonds is 6. The summed E-state index contributed by atoms with van der Waals surface area (Å²) in [5.41, 5.74) is 1.29. The van der Waals surface area contributed by atoms with Gasteiger partial charge in [-0.05, 0) is 55.8 Å². The number of hydrogen-bond donors (Lipinski definition) is 1. The normalized spacial score (nSPS) is 22.5. The van der Waals surface area contributed by atoms with E-state index in [0.29, 0.717) is 0 Å². The maximum atomic E-state index is 5.33. The maximum Gasteiger partial charge on any atom is 0.160 e. The fourth-order valence-corrected chi connectivity index (χ4v) is 2.85. The lowest BCUT2D eigenvalue weighted by atomic mass is 10.1. The molecule has 2 rings (SSSR count). The lowest BCUT2D eigenvalue weighted by molar-refractivity contribution is 0.354. The van der Waals surface area contributed by atoms with Crippen LogP contribution in [0.5, 0.6) is 11.5 Å². The molecule has 19 heavy (non-hydrogen) atoms. The molecular formula is C16H25NO2. The molecule has 0 aliphatic heterocycles. The van der Waals surface area contributed by atoms with E-state index in [0.717, 1.165) is 36.4 Å². The molecule has 1 aromatic carbocycles. The van der Waals surface area contributed by atoms with Crippen LogP contribution in [0.15, 0.2) is 18.2 Å². The highest BCUT2D eigenvalue weighted by atomic mass is 16.5. The number of hydrogen-bond acceptors (Lipinski definition) is 3. The summed E-state index contributed by atoms with van der Waals surface area (Å²) in [6.45, 7) is 3.38. The molecule has 1 aliphatic rings. The van der Waals surface area contributed by atoms with Crippen LogP contribution < -0.4 is 14.8 Å². The van der Waals surface area contributed by atoms with Crippen molar-refractivity contribution in [3.63, 3.8) is 0 Å². The first-order valence-corrected chi connectivity index (χ1v) is 7.17. The van der Waals surface area contributed by atoms with Crippen LogP contribution in [0.1, 0.15) is 31.7 Å². The predicted octanol–water partition coefficient (Wildman–Crippen LogP) is 3.02. The molecule has 106 valence electrons. The van der Waals surface area contributed by atoms with E-state index < -0.39 is 0 Å². The Kier molecular flexibility index (Phi) is 5.08. The van der Waals surface area contributed by atoms with E-state index in [1.165, 1.54) is 24.8 Å². The van der Waals surface area contributed by atoms with E-state index in [1.54, 1.807) is 14.2 Å². The van der Waals surface area contributed by atoms with Crippen molar-refractivity contribution in [1.82, 2.24) is 5.32 Å². The SMILES string of the molecule is COc1ccc(CCN[C@@H]2CC[C@@H](C)C2)cc1OC. The topological polar surface area (TPSA) is 30.5 Å². The summed E-state index contributed by atoms with van der Waals surface area (Å²) in [5.74, 6) is 2.50. The Labute approximate surface area is 116 Å². The van der Waals surface area contributed by atoms with Gasteiger partial charge in [0.1, 0.15) is 0 Å². The van der Waals surface area contributed by atoms with Crippen LogP contribution in [0.4, 0.5) is 0 Å². The Morgan fingerprint density at radius 1 is 1.16 bits per heavy atom. The van der Waals surface area contributed by atoms with Gasteiger partial charge < -0.3 is 14.8 Å². The van der Waals surface area contributed by atoms with Gasteiger partial charge in [0.05, 0.1) is 14.2 Å². The fraction of sp³-hybridized carbons (Fsp3) is 0.625. The third-order valence-electron chi connectivity index (χ3n) is 3.99. The Hall–Kier alpha value is -1.22. The van der Waals surface area contributed by atoms with Gasteiger partial charge in [-0.3, -0.25) is 0 Å². The molecule has 1 fully saturated rings. The van der Waals surface area contributed by atoms with Gasteiger partial charge in [-0.1, -0.05) is 13.0 Å². The second-order valence-electron chi connectivity index (χ2n) is 5.51. The van der Waals surface area contributed by atoms with Crippen molar-refractivity contribution in [3.05, 3.63) is 23.8 Å². The van der Waals surface area contributed by atoms with Crippen molar-refractivity contribution in [2.75, 3.05) is 20.8 Å². The number of nitrogens with one attached hydrogen (secondary N) is 1. The van der Waals surface area contributed by atoms with Crippen molar-refractivity contribution < 1.29 is 9.47 Å². The second kappa shape index (κ2) is 6.80. The Bertz CT molecular complexity index is 406. The van der Waals surface area contributed by atoms with Crippen molar-refractivity contribution in [2.45, 2.75) is 38.6 Å². The number of benzene rings is 1. The molecule has 3 nitrogen and oxygen atoms in total. The van der Waals surface area contributed by atoms with Crippen LogP contribution in [0.25, 0.3) is 0 Å². The monoisotopic (exact) mass is 263 g/mol. The molecule has 1 aliphatic carbocycles. The highest BCUT2D eigenvalue weighted by Gasteiger charge is 2.20. The van der Waals surface area contributed by atoms with Crippen molar-refractivity contribution >= 4 is 0 Å². The van der Waals surface area contributed by atoms with Gasteiger partial charge in [0.15, 0.2) is 11.5 Å². The first-order valence-electron chi connectivity index (χ1n) is 7.17. The minimum Gasteiger partial charge on any atom is -0.493 e. The van der Waals surface area contributed by atoms with E-state index in [4.69, 9.17) is 9.47 Å². The number of ether oxygens (including phenoxy) is 2. The van der Waals surface area contributed by atoms with E-state index in [9.17, 15) is 0 Å². The summed E-state index contributed by atoms with van der Waals surface area (Å²) < 4.78 is 10.6. The quantitative estimate of drug-likeness (QED) is 0.855. The van der Waals surface area contributed by atoms with Crippen LogP contribution in [-0.4, -0.2) is 26.8 Å². The Balaban J connectivity index is 1.82. The molecule has 0 heterocycles. The van der Waals surface area contributed by atoms with Gasteiger partial charge in [-0.2, -0.15) is 0 Å². The molecule has 0 bridgehead atoms. The van der Waals surface area contributed by atoms with Gasteiger partial charge in [-0.25, -0.2) is 0 Å². The minimum atomic E-state index is 0.718. The average Bonchev–Trinajstić information content (AvgIpc) is 2.84. The highest BCUT2D eigenvalue weighted by molar-refractivity contribution is 5.42. The zero-order valence-electron chi connectivity index (χ0n) is 12.2. The molecule has 0 amide bonds. The summed E-state index contributed by atoms with van der Waals surface area (Å²) in [5, 5.41) is 3.65. The standard InChI is InChI=1S/C16H25NO2/c1-12-4-6-14(10-12)17-9-8-13-5-7-15(18-2)16(11-13)19-3/h5,7,11-12,14,17H,4,6,8-10H2,1-3H3/t12-,14-/m1/s1. The summed E-state index contributed by atoms with van der Waals surface area (Å²) in [6, 6.07) is 6.87. The highest BCUT2D eigenvalue weighted by Crippen LogP contribution is 2.28. The summed E-state index contributed by atoms with van der Waals surface area (Å²) in [6.07, 6.45) is 5.05. The lowest BCUT2D eigenvalue weighted by Gasteiger charge is -2.13. The van der Waals surface area contributed by atoms with Crippen LogP contribution in [-0.2, 0) is 6.42 Å². The Morgan fingerprint density at radius 2 is 1.95 bits per heavy atom. The van der Waals surface area contributed by atoms with Crippen LogP contribution in [0.3, 0.4) is 0 Å². The molecule has 3 heteroatoms. The largest absolute Gasteiger partial charge is 0.493 e. The van der Waals surface area contributed by atoms with Gasteiger partial charge in [0.25, 0.3) is 0 Å². The van der Waals surface area contributed by atoms with E-state index in [2.05, 4.69) is 24.4 Å². The smallest absolute Gasteiger partial charge is 0.160 e. The first-order chi connectivity index (χ1) is 9.22. The predicted molar refractivity (Wildman–Crippen MR) is 78.1 cm³/mol. The number of methoxy groups -OCH3 is 2. The van der Waals surface area contributed by atoms with Crippen LogP contribution >= 0.6 is 0 Å². The third-order valence-corrected chi connectivity index (χ3v) is 3.99. The molecule has 1 aromatic rings. The van der Waals surface area contributed by atoms with E-state index in [-0.39, 0.29) is 0 Å². The maximum absolute atomic E-state index is 5.33. The molecular weight excluding hydrogens is 238 g/mol. The molecule has 2 atom stereocenters. The third kappa shape index (κ3) is 3.87. The van der Waals surface area contributed by atoms with Crippen LogP contribution in [0.2, 0.25) is 0 Å². The Morgan fingerprint density at radius 3 is 2.58 bits per heavy atom. The average molecular weight is 263 g/mol. The second-order valence-corrected chi connectivity index (χ2v) is 5.51. The fourth-order valence-electron chi connectivity index (χ4n) is 2.85. The molecule has 0 unspecified atom stereocenters. The van der Waals surface area contributed by atoms with Crippen molar-refractivity contribution in [1.29, 1.82) is 0 Å². The zero-order chi connectivity index (χ0) is 13.7. The van der Waals surface area contributed by atoms with Gasteiger partial charge >= 0.3 is 0 Å². The van der Waals surface area contributed by atoms with Gasteiger partial charge in [0, 0.05) is 6.04 Å². The zero-order valence-corrected chi connectivity index (χ0v) is 12.2. The summed E-state index contributed by atoms with van der Waals surface area (Å²) in [4.78, 5) is 0. The molecule has 0 saturated heterocycles. The molecule has 0 spiro atoms. The van der Waals surface area contributed by atoms with Gasteiger partial charge in [0.2, 0.25) is 0 Å². The van der Waals surface area contributed by atoms with Crippen LogP contribution in [0, 0.1) is 5.92 Å². The summed E-state index contributed by atoms with van der Waals surface area (Å²) in [7, 11) is 3.35.